The summed E-state index contributed by atoms with van der Waals surface area (Å²) >= 11 is 0. The second-order valence-electron chi connectivity index (χ2n) is 0.0816. The van der Waals surface area contributed by atoms with Crippen molar-refractivity contribution >= 4 is 0 Å². The van der Waals surface area contributed by atoms with Crippen molar-refractivity contribution in [1.29, 1.82) is 0 Å². The van der Waals surface area contributed by atoms with Gasteiger partial charge in [-0.1, -0.05) is 0 Å². The smallest absolute Gasteiger partial charge is 0.152 e. The van der Waals surface area contributed by atoms with Crippen LogP contribution in [-0.4, -0.2) is 5.21 Å². The van der Waals surface area contributed by atoms with E-state index in [9.17, 15) is 0 Å². The fraction of sp³-hybridized carbons (Fsp3) is 0. The summed E-state index contributed by atoms with van der Waals surface area (Å²) in [6.07, 6.45) is 0. The molecule has 0 aliphatic rings. The molecule has 0 amide bonds. The van der Waals surface area contributed by atoms with Gasteiger partial charge >= 0.3 is 0 Å². The first-order valence-corrected chi connectivity index (χ1v) is 0.383. The van der Waals surface area contributed by atoms with Crippen LogP contribution in [0.25, 0.3) is 0 Å². The standard InChI is InChI=1S/Co.HNO2/c;2-1-3/h;(H,2,3). The molecule has 1 N–H and O–H groups in total. The van der Waals surface area contributed by atoms with Crippen LogP contribution in [0.2, 0.25) is 0 Å². The summed E-state index contributed by atoms with van der Waals surface area (Å²) in [5.74, 6) is 0. The van der Waals surface area contributed by atoms with Crippen molar-refractivity contribution in [3.05, 3.63) is 4.91 Å². The van der Waals surface area contributed by atoms with Gasteiger partial charge < -0.3 is 5.21 Å². The summed E-state index contributed by atoms with van der Waals surface area (Å²) in [4.78, 5) is 8.11. The van der Waals surface area contributed by atoms with Gasteiger partial charge in [-0.15, -0.1) is 4.91 Å². The zero-order valence-corrected chi connectivity index (χ0v) is 2.68. The third kappa shape index (κ3) is 179. The van der Waals surface area contributed by atoms with Crippen LogP contribution in [0, 0.1) is 4.91 Å². The van der Waals surface area contributed by atoms with Crippen LogP contribution in [-0.2, 0) is 16.8 Å². The van der Waals surface area contributed by atoms with Gasteiger partial charge in [0.15, 0.2) is 5.34 Å². The molecule has 1 radical (unpaired) electrons. The van der Waals surface area contributed by atoms with E-state index in [1.54, 1.807) is 0 Å². The molecule has 0 rings (SSSR count). The van der Waals surface area contributed by atoms with Gasteiger partial charge in [-0.25, -0.2) is 0 Å². The third-order valence-electron chi connectivity index (χ3n) is 0. The van der Waals surface area contributed by atoms with E-state index in [0.29, 0.717) is 0 Å². The quantitative estimate of drug-likeness (QED) is 0.352. The molecular formula is HCoNO2. The van der Waals surface area contributed by atoms with Gasteiger partial charge in [0.1, 0.15) is 0 Å². The largest absolute Gasteiger partial charge is 0.379 e. The second kappa shape index (κ2) is 12.9. The maximum absolute atomic E-state index is 8.11. The number of rotatable bonds is 0. The molecule has 4 heteroatoms. The van der Waals surface area contributed by atoms with Crippen molar-refractivity contribution in [2.75, 3.05) is 0 Å². The van der Waals surface area contributed by atoms with Crippen molar-refractivity contribution in [3.8, 4) is 0 Å². The van der Waals surface area contributed by atoms with Gasteiger partial charge in [0.25, 0.3) is 0 Å². The molecule has 3 nitrogen and oxygen atoms in total. The topological polar surface area (TPSA) is 49.7 Å². The molecule has 0 aliphatic heterocycles. The van der Waals surface area contributed by atoms with Crippen LogP contribution < -0.4 is 0 Å². The van der Waals surface area contributed by atoms with E-state index < -0.39 is 0 Å². The molecule has 0 atom stereocenters. The van der Waals surface area contributed by atoms with Gasteiger partial charge in [0, 0.05) is 16.8 Å². The van der Waals surface area contributed by atoms with Crippen LogP contribution in [0.15, 0.2) is 5.34 Å². The summed E-state index contributed by atoms with van der Waals surface area (Å²) < 4.78 is 0. The minimum atomic E-state index is 0. The SMILES string of the molecule is O=NO.[Co]. The van der Waals surface area contributed by atoms with Crippen LogP contribution in [0.1, 0.15) is 0 Å². The first-order valence-electron chi connectivity index (χ1n) is 0.383. The van der Waals surface area contributed by atoms with E-state index in [-0.39, 0.29) is 16.8 Å². The number of hydrogen-bond acceptors (Lipinski definition) is 2. The zero-order chi connectivity index (χ0) is 2.71. The van der Waals surface area contributed by atoms with E-state index >= 15 is 0 Å². The van der Waals surface area contributed by atoms with Gasteiger partial charge in [-0.05, 0) is 0 Å². The molecule has 27 valence electrons. The van der Waals surface area contributed by atoms with Crippen LogP contribution >= 0.6 is 0 Å². The monoisotopic (exact) mass is 106 g/mol. The summed E-state index contributed by atoms with van der Waals surface area (Å²) in [5.41, 5.74) is 0. The molecule has 0 fully saturated rings. The molecule has 0 saturated carbocycles. The van der Waals surface area contributed by atoms with E-state index in [4.69, 9.17) is 10.1 Å². The first-order chi connectivity index (χ1) is 1.41. The molecule has 0 aliphatic carbocycles. The Labute approximate surface area is 33.1 Å². The van der Waals surface area contributed by atoms with E-state index in [1.165, 1.54) is 5.34 Å². The van der Waals surface area contributed by atoms with E-state index in [0.717, 1.165) is 0 Å². The van der Waals surface area contributed by atoms with Crippen molar-refractivity contribution < 1.29 is 22.0 Å². The number of hydrogen-bond donors (Lipinski definition) is 1. The molecule has 0 bridgehead atoms. The second-order valence-corrected chi connectivity index (χ2v) is 0.0816. The van der Waals surface area contributed by atoms with Crippen LogP contribution in [0.4, 0.5) is 0 Å². The molecule has 4 heavy (non-hydrogen) atoms. The predicted molar refractivity (Wildman–Crippen MR) is 7.58 cm³/mol. The zero-order valence-electron chi connectivity index (χ0n) is 1.64. The predicted octanol–water partition coefficient (Wildman–Crippen LogP) is 0.140. The van der Waals surface area contributed by atoms with Gasteiger partial charge in [0.2, 0.25) is 0 Å². The molecule has 0 saturated heterocycles. The maximum atomic E-state index is 8.11. The Kier molecular flexibility index (Phi) is 29.2. The Hall–Kier alpha value is -0.0935. The van der Waals surface area contributed by atoms with Crippen LogP contribution in [0.5, 0.6) is 0 Å². The number of nitrogens with zero attached hydrogens (tertiary/aromatic N) is 1. The Bertz CT molecular complexity index is 13.5. The minimum absolute atomic E-state index is 0. The molecule has 0 heterocycles. The molecule has 0 spiro atoms. The van der Waals surface area contributed by atoms with Gasteiger partial charge in [-0.2, -0.15) is 0 Å². The van der Waals surface area contributed by atoms with E-state index in [1.807, 2.05) is 0 Å². The summed E-state index contributed by atoms with van der Waals surface area (Å²) in [6.45, 7) is 0. The maximum Gasteiger partial charge on any atom is 0.152 e. The van der Waals surface area contributed by atoms with Crippen molar-refractivity contribution in [1.82, 2.24) is 0 Å². The molecular weight excluding hydrogens is 105 g/mol. The third-order valence-corrected chi connectivity index (χ3v) is 0. The Morgan fingerprint density at radius 2 is 1.75 bits per heavy atom. The Balaban J connectivity index is 0. The molecule has 0 aromatic heterocycles. The Morgan fingerprint density at radius 3 is 1.75 bits per heavy atom. The van der Waals surface area contributed by atoms with Crippen molar-refractivity contribution in [2.24, 2.45) is 5.34 Å². The fourth-order valence-electron chi connectivity index (χ4n) is 0. The molecule has 0 aromatic carbocycles. The summed E-state index contributed by atoms with van der Waals surface area (Å²) in [5, 5.41) is 7.89. The minimum Gasteiger partial charge on any atom is -0.379 e. The molecule has 0 aromatic rings. The van der Waals surface area contributed by atoms with E-state index in [2.05, 4.69) is 0 Å². The summed E-state index contributed by atoms with van der Waals surface area (Å²) in [7, 11) is 0. The fourth-order valence-corrected chi connectivity index (χ4v) is 0. The normalized spacial score (nSPS) is 3.00. The van der Waals surface area contributed by atoms with Gasteiger partial charge in [-0.3, -0.25) is 0 Å². The van der Waals surface area contributed by atoms with Crippen molar-refractivity contribution in [3.63, 3.8) is 0 Å². The Morgan fingerprint density at radius 1 is 1.75 bits per heavy atom. The van der Waals surface area contributed by atoms with Crippen molar-refractivity contribution in [2.45, 2.75) is 0 Å². The first kappa shape index (κ1) is 9.08. The average molecular weight is 106 g/mol. The molecule has 0 unspecified atom stereocenters. The summed E-state index contributed by atoms with van der Waals surface area (Å²) in [6, 6.07) is 0. The van der Waals surface area contributed by atoms with Crippen LogP contribution in [0.3, 0.4) is 0 Å². The average Bonchev–Trinajstić information content (AvgIpc) is 0.918. The van der Waals surface area contributed by atoms with Gasteiger partial charge in [0.05, 0.1) is 0 Å².